The van der Waals surface area contributed by atoms with E-state index in [1.165, 1.54) is 18.2 Å². The number of nitrogens with one attached hydrogen (secondary N) is 1. The summed E-state index contributed by atoms with van der Waals surface area (Å²) in [6.07, 6.45) is 0.0660. The van der Waals surface area contributed by atoms with Crippen molar-refractivity contribution in [1.29, 1.82) is 0 Å². The maximum Gasteiger partial charge on any atom is 0.224 e. The van der Waals surface area contributed by atoms with E-state index < -0.39 is 5.82 Å². The summed E-state index contributed by atoms with van der Waals surface area (Å²) in [6, 6.07) is 13.4. The maximum atomic E-state index is 13.2. The molecule has 3 aromatic rings. The molecule has 0 atom stereocenters. The van der Waals surface area contributed by atoms with Crippen molar-refractivity contribution in [2.75, 3.05) is 0 Å². The molecule has 4 nitrogen and oxygen atoms in total. The first-order valence-corrected chi connectivity index (χ1v) is 9.95. The Hall–Kier alpha value is -2.37. The topological polar surface area (TPSA) is 46.9 Å². The first-order valence-electron chi connectivity index (χ1n) is 9.19. The summed E-state index contributed by atoms with van der Waals surface area (Å²) in [7, 11) is 0. The molecule has 0 unspecified atom stereocenters. The van der Waals surface area contributed by atoms with Crippen molar-refractivity contribution < 1.29 is 9.18 Å². The summed E-state index contributed by atoms with van der Waals surface area (Å²) in [5.74, 6) is -0.644. The fourth-order valence-corrected chi connectivity index (χ4v) is 3.25. The predicted molar refractivity (Wildman–Crippen MR) is 114 cm³/mol. The lowest BCUT2D eigenvalue weighted by Crippen LogP contribution is -2.26. The fourth-order valence-electron chi connectivity index (χ4n) is 2.83. The van der Waals surface area contributed by atoms with Crippen LogP contribution >= 0.6 is 23.2 Å². The number of amides is 1. The third-order valence-corrected chi connectivity index (χ3v) is 5.02. The highest BCUT2D eigenvalue weighted by atomic mass is 35.5. The number of benzene rings is 2. The molecule has 0 bridgehead atoms. The van der Waals surface area contributed by atoms with E-state index in [-0.39, 0.29) is 29.3 Å². The van der Waals surface area contributed by atoms with Crippen LogP contribution in [-0.2, 0) is 23.2 Å². The average Bonchev–Trinajstić information content (AvgIpc) is 3.07. The summed E-state index contributed by atoms with van der Waals surface area (Å²) in [6.45, 7) is 6.52. The van der Waals surface area contributed by atoms with E-state index in [0.717, 1.165) is 17.1 Å². The van der Waals surface area contributed by atoms with E-state index in [1.54, 1.807) is 10.7 Å². The van der Waals surface area contributed by atoms with Crippen molar-refractivity contribution in [3.63, 3.8) is 0 Å². The molecule has 1 N–H and O–H groups in total. The van der Waals surface area contributed by atoms with Crippen molar-refractivity contribution in [3.05, 3.63) is 81.3 Å². The summed E-state index contributed by atoms with van der Waals surface area (Å²) in [4.78, 5) is 12.4. The molecule has 0 radical (unpaired) electrons. The molecule has 0 spiro atoms. The van der Waals surface area contributed by atoms with Gasteiger partial charge in [-0.1, -0.05) is 56.1 Å². The van der Waals surface area contributed by atoms with Gasteiger partial charge in [-0.2, -0.15) is 5.10 Å². The van der Waals surface area contributed by atoms with Crippen LogP contribution in [0.15, 0.2) is 48.5 Å². The van der Waals surface area contributed by atoms with Gasteiger partial charge in [0.15, 0.2) is 0 Å². The van der Waals surface area contributed by atoms with E-state index in [2.05, 4.69) is 26.1 Å². The number of nitrogens with zero attached hydrogens (tertiary/aromatic N) is 2. The van der Waals surface area contributed by atoms with E-state index in [9.17, 15) is 9.18 Å². The second kappa shape index (κ2) is 8.56. The van der Waals surface area contributed by atoms with Crippen LogP contribution in [0.3, 0.4) is 0 Å². The van der Waals surface area contributed by atoms with Crippen LogP contribution in [0, 0.1) is 5.82 Å². The fraction of sp³-hybridized carbons (Fsp3) is 0.273. The predicted octanol–water partition coefficient (Wildman–Crippen LogP) is 5.47. The van der Waals surface area contributed by atoms with E-state index >= 15 is 0 Å². The summed E-state index contributed by atoms with van der Waals surface area (Å²) < 4.78 is 15.0. The highest BCUT2D eigenvalue weighted by molar-refractivity contribution is 6.31. The number of hydrogen-bond donors (Lipinski definition) is 1. The van der Waals surface area contributed by atoms with Gasteiger partial charge in [-0.3, -0.25) is 4.79 Å². The second-order valence-corrected chi connectivity index (χ2v) is 8.70. The second-order valence-electron chi connectivity index (χ2n) is 7.85. The molecule has 1 amide bonds. The van der Waals surface area contributed by atoms with Gasteiger partial charge in [0.05, 0.1) is 30.0 Å². The van der Waals surface area contributed by atoms with Crippen molar-refractivity contribution in [1.82, 2.24) is 15.1 Å². The number of halogens is 3. The van der Waals surface area contributed by atoms with Gasteiger partial charge in [0.2, 0.25) is 5.91 Å². The normalized spacial score (nSPS) is 11.5. The van der Waals surface area contributed by atoms with Crippen LogP contribution < -0.4 is 5.32 Å². The third kappa shape index (κ3) is 5.37. The quantitative estimate of drug-likeness (QED) is 0.579. The monoisotopic (exact) mass is 433 g/mol. The number of aromatic nitrogens is 2. The smallest absolute Gasteiger partial charge is 0.224 e. The SMILES string of the molecule is CC(C)(C)c1cc(CNC(=O)Cc2ccc(F)cc2Cl)n(-c2cccc(Cl)c2)n1. The number of carbonyl (C=O) groups is 1. The van der Waals surface area contributed by atoms with E-state index in [0.29, 0.717) is 10.6 Å². The molecule has 0 aliphatic heterocycles. The highest BCUT2D eigenvalue weighted by Crippen LogP contribution is 2.25. The zero-order valence-electron chi connectivity index (χ0n) is 16.5. The van der Waals surface area contributed by atoms with Crippen LogP contribution in [0.1, 0.15) is 37.7 Å². The summed E-state index contributed by atoms with van der Waals surface area (Å²) >= 11 is 12.2. The van der Waals surface area contributed by atoms with Crippen LogP contribution in [0.25, 0.3) is 5.69 Å². The molecule has 7 heteroatoms. The Morgan fingerprint density at radius 2 is 1.90 bits per heavy atom. The van der Waals surface area contributed by atoms with Gasteiger partial charge in [-0.05, 0) is 42.0 Å². The minimum absolute atomic E-state index is 0.0660. The number of carbonyl (C=O) groups excluding carboxylic acids is 1. The Labute approximate surface area is 179 Å². The summed E-state index contributed by atoms with van der Waals surface area (Å²) in [5.41, 5.74) is 2.98. The van der Waals surface area contributed by atoms with Gasteiger partial charge in [-0.15, -0.1) is 0 Å². The zero-order valence-corrected chi connectivity index (χ0v) is 18.0. The molecule has 0 saturated heterocycles. The average molecular weight is 434 g/mol. The maximum absolute atomic E-state index is 13.2. The van der Waals surface area contributed by atoms with Crippen molar-refractivity contribution in [2.24, 2.45) is 0 Å². The Morgan fingerprint density at radius 3 is 2.55 bits per heavy atom. The molecular weight excluding hydrogens is 412 g/mol. The Balaban J connectivity index is 1.80. The molecule has 1 heterocycles. The summed E-state index contributed by atoms with van der Waals surface area (Å²) in [5, 5.41) is 8.46. The van der Waals surface area contributed by atoms with E-state index in [1.807, 2.05) is 24.3 Å². The lowest BCUT2D eigenvalue weighted by Gasteiger charge is -2.14. The standard InChI is InChI=1S/C22H22Cl2FN3O/c1-22(2,3)20-12-18(28(27-20)17-6-4-5-15(23)10-17)13-26-21(29)9-14-7-8-16(25)11-19(14)24/h4-8,10-12H,9,13H2,1-3H3,(H,26,29). The molecule has 2 aromatic carbocycles. The minimum Gasteiger partial charge on any atom is -0.350 e. The lowest BCUT2D eigenvalue weighted by atomic mass is 9.92. The van der Waals surface area contributed by atoms with Gasteiger partial charge < -0.3 is 5.32 Å². The van der Waals surface area contributed by atoms with E-state index in [4.69, 9.17) is 28.3 Å². The molecular formula is C22H22Cl2FN3O. The van der Waals surface area contributed by atoms with Gasteiger partial charge in [-0.25, -0.2) is 9.07 Å². The van der Waals surface area contributed by atoms with Gasteiger partial charge in [0.1, 0.15) is 5.82 Å². The van der Waals surface area contributed by atoms with Crippen LogP contribution in [0.4, 0.5) is 4.39 Å². The van der Waals surface area contributed by atoms with Crippen molar-refractivity contribution >= 4 is 29.1 Å². The Kier molecular flexibility index (Phi) is 6.30. The first kappa shape index (κ1) is 21.3. The molecule has 152 valence electrons. The zero-order chi connectivity index (χ0) is 21.2. The Bertz CT molecular complexity index is 1040. The van der Waals surface area contributed by atoms with Gasteiger partial charge in [0, 0.05) is 15.5 Å². The molecule has 0 fully saturated rings. The molecule has 0 aliphatic rings. The molecule has 29 heavy (non-hydrogen) atoms. The Morgan fingerprint density at radius 1 is 1.14 bits per heavy atom. The minimum atomic E-state index is -0.431. The molecule has 0 saturated carbocycles. The lowest BCUT2D eigenvalue weighted by molar-refractivity contribution is -0.120. The van der Waals surface area contributed by atoms with Crippen molar-refractivity contribution in [3.8, 4) is 5.69 Å². The molecule has 0 aliphatic carbocycles. The van der Waals surface area contributed by atoms with Crippen LogP contribution in [0.2, 0.25) is 10.0 Å². The van der Waals surface area contributed by atoms with Crippen molar-refractivity contribution in [2.45, 2.75) is 39.2 Å². The highest BCUT2D eigenvalue weighted by Gasteiger charge is 2.21. The third-order valence-electron chi connectivity index (χ3n) is 4.44. The molecule has 1 aromatic heterocycles. The molecule has 3 rings (SSSR count). The largest absolute Gasteiger partial charge is 0.350 e. The van der Waals surface area contributed by atoms with Crippen LogP contribution in [-0.4, -0.2) is 15.7 Å². The number of hydrogen-bond acceptors (Lipinski definition) is 2. The first-order chi connectivity index (χ1) is 13.6. The van der Waals surface area contributed by atoms with Gasteiger partial charge in [0.25, 0.3) is 0 Å². The number of rotatable bonds is 5. The van der Waals surface area contributed by atoms with Crippen LogP contribution in [0.5, 0.6) is 0 Å². The van der Waals surface area contributed by atoms with Gasteiger partial charge >= 0.3 is 0 Å².